The highest BCUT2D eigenvalue weighted by molar-refractivity contribution is 6.05. The molecule has 1 atom stereocenters. The van der Waals surface area contributed by atoms with Gasteiger partial charge in [0.25, 0.3) is 0 Å². The number of ether oxygens (including phenoxy) is 3. The third kappa shape index (κ3) is 5.27. The van der Waals surface area contributed by atoms with Crippen molar-refractivity contribution in [3.63, 3.8) is 0 Å². The Morgan fingerprint density at radius 2 is 1.70 bits per heavy atom. The van der Waals surface area contributed by atoms with Gasteiger partial charge >= 0.3 is 0 Å². The van der Waals surface area contributed by atoms with Crippen molar-refractivity contribution in [3.8, 4) is 11.5 Å². The van der Waals surface area contributed by atoms with Crippen molar-refractivity contribution in [2.45, 2.75) is 37.1 Å². The van der Waals surface area contributed by atoms with Gasteiger partial charge in [-0.3, -0.25) is 15.1 Å². The number of benzene rings is 2. The molecule has 0 amide bonds. The van der Waals surface area contributed by atoms with Gasteiger partial charge in [-0.1, -0.05) is 30.3 Å². The molecule has 37 heavy (non-hydrogen) atoms. The number of amidine groups is 1. The van der Waals surface area contributed by atoms with Gasteiger partial charge < -0.3 is 25.3 Å². The van der Waals surface area contributed by atoms with Crippen molar-refractivity contribution in [2.75, 3.05) is 66.0 Å². The largest absolute Gasteiger partial charge is 0.493 e. The second kappa shape index (κ2) is 10.9. The fraction of sp³-hybridized carbons (Fsp3) is 0.536. The van der Waals surface area contributed by atoms with Crippen LogP contribution < -0.4 is 25.8 Å². The van der Waals surface area contributed by atoms with E-state index in [0.717, 1.165) is 76.5 Å². The lowest BCUT2D eigenvalue weighted by Crippen LogP contribution is -2.65. The first-order chi connectivity index (χ1) is 18.0. The van der Waals surface area contributed by atoms with Gasteiger partial charge in [0.05, 0.1) is 33.1 Å². The number of fused-ring (bicyclic) bond motifs is 1. The summed E-state index contributed by atoms with van der Waals surface area (Å²) in [7, 11) is 5.22. The van der Waals surface area contributed by atoms with Crippen LogP contribution in [0.15, 0.2) is 47.5 Å². The molecule has 3 aliphatic heterocycles. The molecule has 0 spiro atoms. The third-order valence-electron chi connectivity index (χ3n) is 8.17. The number of anilines is 1. The molecule has 0 aliphatic carbocycles. The van der Waals surface area contributed by atoms with E-state index in [1.807, 2.05) is 19.2 Å². The van der Waals surface area contributed by atoms with E-state index in [1.165, 1.54) is 5.56 Å². The Hall–Kier alpha value is -2.85. The minimum Gasteiger partial charge on any atom is -0.493 e. The number of piperidine rings is 1. The number of nitrogens with one attached hydrogen (secondary N) is 2. The van der Waals surface area contributed by atoms with Crippen LogP contribution in [0.25, 0.3) is 0 Å². The lowest BCUT2D eigenvalue weighted by atomic mass is 9.79. The molecule has 5 rings (SSSR count). The second-order valence-electron chi connectivity index (χ2n) is 10.2. The van der Waals surface area contributed by atoms with Crippen molar-refractivity contribution in [1.29, 1.82) is 0 Å². The topological polar surface area (TPSA) is 96.6 Å². The quantitative estimate of drug-likeness (QED) is 0.501. The van der Waals surface area contributed by atoms with E-state index < -0.39 is 5.79 Å². The molecule has 0 saturated carbocycles. The minimum atomic E-state index is -0.739. The molecule has 0 aromatic heterocycles. The van der Waals surface area contributed by atoms with Crippen molar-refractivity contribution < 1.29 is 14.2 Å². The Kier molecular flexibility index (Phi) is 7.57. The molecule has 0 radical (unpaired) electrons. The zero-order valence-electron chi connectivity index (χ0n) is 22.3. The van der Waals surface area contributed by atoms with Crippen LogP contribution in [0.4, 0.5) is 5.69 Å². The van der Waals surface area contributed by atoms with E-state index in [0.29, 0.717) is 17.3 Å². The predicted octanol–water partition coefficient (Wildman–Crippen LogP) is 2.46. The number of likely N-dealkylation sites (tertiary alicyclic amines) is 1. The van der Waals surface area contributed by atoms with Crippen LogP contribution in [-0.4, -0.2) is 87.6 Å². The lowest BCUT2D eigenvalue weighted by molar-refractivity contribution is -0.0606. The summed E-state index contributed by atoms with van der Waals surface area (Å²) in [5, 5.41) is 7.19. The zero-order chi connectivity index (χ0) is 25.9. The SMILES string of the molecule is CNC1(CC2(N3CCOCC3)CCN(Cc3ccccc3)CC2)N=C(N)c2cc(OC)c(OC)cc2N1. The molecule has 3 aliphatic rings. The Balaban J connectivity index is 1.42. The van der Waals surface area contributed by atoms with Crippen molar-refractivity contribution in [2.24, 2.45) is 10.7 Å². The highest BCUT2D eigenvalue weighted by Crippen LogP contribution is 2.42. The molecule has 2 fully saturated rings. The lowest BCUT2D eigenvalue weighted by Gasteiger charge is -2.53. The average Bonchev–Trinajstić information content (AvgIpc) is 2.94. The van der Waals surface area contributed by atoms with E-state index in [4.69, 9.17) is 24.9 Å². The number of morpholine rings is 1. The number of nitrogens with two attached hydrogens (primary N) is 1. The summed E-state index contributed by atoms with van der Waals surface area (Å²) in [6.45, 7) is 6.44. The first kappa shape index (κ1) is 25.8. The summed E-state index contributed by atoms with van der Waals surface area (Å²) >= 11 is 0. The normalized spacial score (nSPS) is 24.0. The molecule has 4 N–H and O–H groups in total. The van der Waals surface area contributed by atoms with E-state index >= 15 is 0 Å². The summed E-state index contributed by atoms with van der Waals surface area (Å²) in [6.07, 6.45) is 2.89. The second-order valence-corrected chi connectivity index (χ2v) is 10.2. The monoisotopic (exact) mass is 508 g/mol. The number of nitrogens with zero attached hydrogens (tertiary/aromatic N) is 3. The molecule has 1 unspecified atom stereocenters. The maximum atomic E-state index is 6.58. The number of aliphatic imine (C=N–C) groups is 1. The number of hydrogen-bond donors (Lipinski definition) is 3. The van der Waals surface area contributed by atoms with Gasteiger partial charge in [0.15, 0.2) is 17.3 Å². The van der Waals surface area contributed by atoms with E-state index in [1.54, 1.807) is 14.2 Å². The van der Waals surface area contributed by atoms with Crippen molar-refractivity contribution in [3.05, 3.63) is 53.6 Å². The molecule has 9 heteroatoms. The van der Waals surface area contributed by atoms with E-state index in [2.05, 4.69) is 50.8 Å². The Labute approximate surface area is 220 Å². The molecular formula is C28H40N6O3. The van der Waals surface area contributed by atoms with E-state index in [-0.39, 0.29) is 5.54 Å². The maximum Gasteiger partial charge on any atom is 0.188 e. The van der Waals surface area contributed by atoms with Crippen LogP contribution in [0.5, 0.6) is 11.5 Å². The Bertz CT molecular complexity index is 1100. The summed E-state index contributed by atoms with van der Waals surface area (Å²) in [5.74, 6) is 1.04. The van der Waals surface area contributed by atoms with Crippen LogP contribution in [0.3, 0.4) is 0 Å². The van der Waals surface area contributed by atoms with Crippen LogP contribution in [-0.2, 0) is 11.3 Å². The smallest absolute Gasteiger partial charge is 0.188 e. The van der Waals surface area contributed by atoms with Gasteiger partial charge in [0, 0.05) is 56.3 Å². The molecule has 2 saturated heterocycles. The summed E-state index contributed by atoms with van der Waals surface area (Å²) in [5.41, 5.74) is 9.61. The summed E-state index contributed by atoms with van der Waals surface area (Å²) < 4.78 is 16.8. The molecule has 9 nitrogen and oxygen atoms in total. The van der Waals surface area contributed by atoms with Gasteiger partial charge in [-0.25, -0.2) is 4.99 Å². The van der Waals surface area contributed by atoms with Gasteiger partial charge in [-0.2, -0.15) is 0 Å². The fourth-order valence-electron chi connectivity index (χ4n) is 6.09. The van der Waals surface area contributed by atoms with Gasteiger partial charge in [-0.15, -0.1) is 0 Å². The van der Waals surface area contributed by atoms with Crippen LogP contribution in [0.1, 0.15) is 30.4 Å². The number of rotatable bonds is 8. The molecular weight excluding hydrogens is 468 g/mol. The van der Waals surface area contributed by atoms with Crippen LogP contribution in [0, 0.1) is 0 Å². The number of hydrogen-bond acceptors (Lipinski definition) is 9. The van der Waals surface area contributed by atoms with Gasteiger partial charge in [-0.05, 0) is 31.5 Å². The molecule has 200 valence electrons. The van der Waals surface area contributed by atoms with Crippen molar-refractivity contribution >= 4 is 11.5 Å². The number of methoxy groups -OCH3 is 2. The van der Waals surface area contributed by atoms with Crippen molar-refractivity contribution in [1.82, 2.24) is 15.1 Å². The standard InChI is InChI=1S/C28H40N6O3/c1-30-28(31-23-18-25(36-3)24(35-2)17-22(23)26(29)32-28)20-27(34-13-15-37-16-14-34)9-11-33(12-10-27)19-21-7-5-4-6-8-21/h4-8,17-18,30-31H,9-16,19-20H2,1-3H3,(H2,29,32). The maximum absolute atomic E-state index is 6.58. The summed E-state index contributed by atoms with van der Waals surface area (Å²) in [4.78, 5) is 10.2. The van der Waals surface area contributed by atoms with Gasteiger partial charge in [0.1, 0.15) is 5.84 Å². The first-order valence-corrected chi connectivity index (χ1v) is 13.2. The van der Waals surface area contributed by atoms with Crippen LogP contribution in [0.2, 0.25) is 0 Å². The van der Waals surface area contributed by atoms with E-state index in [9.17, 15) is 0 Å². The molecule has 0 bridgehead atoms. The Morgan fingerprint density at radius 1 is 1.03 bits per heavy atom. The summed E-state index contributed by atoms with van der Waals surface area (Å²) in [6, 6.07) is 14.6. The van der Waals surface area contributed by atoms with Crippen LogP contribution >= 0.6 is 0 Å². The highest BCUT2D eigenvalue weighted by atomic mass is 16.5. The first-order valence-electron chi connectivity index (χ1n) is 13.2. The highest BCUT2D eigenvalue weighted by Gasteiger charge is 2.48. The van der Waals surface area contributed by atoms with Gasteiger partial charge in [0.2, 0.25) is 0 Å². The Morgan fingerprint density at radius 3 is 2.35 bits per heavy atom. The average molecular weight is 509 g/mol. The fourth-order valence-corrected chi connectivity index (χ4v) is 6.09. The minimum absolute atomic E-state index is 0.0369. The third-order valence-corrected chi connectivity index (χ3v) is 8.17. The predicted molar refractivity (Wildman–Crippen MR) is 146 cm³/mol. The zero-order valence-corrected chi connectivity index (χ0v) is 22.3. The molecule has 2 aromatic carbocycles. The molecule has 2 aromatic rings. The molecule has 3 heterocycles.